The first-order chi connectivity index (χ1) is 19.5. The number of nitrogens with zero attached hydrogens (tertiary/aromatic N) is 4. The quantitative estimate of drug-likeness (QED) is 0.226. The Hall–Kier alpha value is -3.88. The van der Waals surface area contributed by atoms with E-state index >= 15 is 0 Å². The number of para-hydroxylation sites is 3. The number of imidazole rings is 1. The molecule has 1 saturated heterocycles. The molecule has 9 heteroatoms. The van der Waals surface area contributed by atoms with Crippen molar-refractivity contribution in [3.63, 3.8) is 0 Å². The fourth-order valence-corrected chi connectivity index (χ4v) is 6.10. The Labute approximate surface area is 236 Å². The molecule has 0 aliphatic carbocycles. The van der Waals surface area contributed by atoms with Crippen LogP contribution < -0.4 is 9.47 Å². The fraction of sp³-hybridized carbons (Fsp3) is 0.290. The number of hydrogen-bond donors (Lipinski definition) is 0. The topological polar surface area (TPSA) is 65.5 Å². The minimum atomic E-state index is -1.25. The molecule has 0 radical (unpaired) electrons. The number of rotatable bonds is 6. The summed E-state index contributed by atoms with van der Waals surface area (Å²) in [6.07, 6.45) is 5.08. The third kappa shape index (κ3) is 4.51. The smallest absolute Gasteiger partial charge is 0.278 e. The number of fused-ring (bicyclic) bond motifs is 2. The summed E-state index contributed by atoms with van der Waals surface area (Å²) in [4.78, 5) is 11.7. The molecular formula is C31H28ClFN4O3. The van der Waals surface area contributed by atoms with Crippen LogP contribution in [0.4, 0.5) is 4.39 Å². The predicted molar refractivity (Wildman–Crippen MR) is 149 cm³/mol. The average Bonchev–Trinajstić information content (AvgIpc) is 3.67. The number of benzene rings is 3. The number of ether oxygens (including phenoxy) is 2. The Morgan fingerprint density at radius 3 is 2.67 bits per heavy atom. The van der Waals surface area contributed by atoms with Crippen LogP contribution in [-0.4, -0.2) is 32.5 Å². The van der Waals surface area contributed by atoms with Gasteiger partial charge in [0.05, 0.1) is 35.4 Å². The molecule has 0 amide bonds. The van der Waals surface area contributed by atoms with Crippen molar-refractivity contribution in [2.75, 3.05) is 13.1 Å². The molecule has 2 aliphatic rings. The number of likely N-dealkylation sites (tertiary alicyclic amines) is 1. The number of oxazole rings is 1. The van der Waals surface area contributed by atoms with Crippen LogP contribution in [0.2, 0.25) is 5.02 Å². The molecule has 0 saturated carbocycles. The SMILES string of the molecule is CC1(c2ccc(Cl)cc2F)Oc2cccc(C3CCN(Cc4nc5ccccc5n4Cc4cocn4)CC3)c2O1. The molecule has 0 N–H and O–H groups in total. The third-order valence-corrected chi connectivity index (χ3v) is 8.20. The third-order valence-electron chi connectivity index (χ3n) is 7.96. The zero-order chi connectivity index (χ0) is 27.3. The lowest BCUT2D eigenvalue weighted by Gasteiger charge is -2.32. The first-order valence-corrected chi connectivity index (χ1v) is 13.8. The molecule has 40 heavy (non-hydrogen) atoms. The van der Waals surface area contributed by atoms with E-state index in [9.17, 15) is 4.39 Å². The van der Waals surface area contributed by atoms with Crippen molar-refractivity contribution in [2.45, 2.75) is 44.6 Å². The van der Waals surface area contributed by atoms with Crippen molar-refractivity contribution in [3.8, 4) is 11.5 Å². The van der Waals surface area contributed by atoms with Gasteiger partial charge in [-0.25, -0.2) is 14.4 Å². The zero-order valence-electron chi connectivity index (χ0n) is 22.0. The summed E-state index contributed by atoms with van der Waals surface area (Å²) in [5.74, 6) is 0.955. The summed E-state index contributed by atoms with van der Waals surface area (Å²) < 4.78 is 34.8. The summed E-state index contributed by atoms with van der Waals surface area (Å²) in [6, 6.07) is 18.7. The lowest BCUT2D eigenvalue weighted by atomic mass is 9.88. The lowest BCUT2D eigenvalue weighted by molar-refractivity contribution is -0.0712. The maximum Gasteiger partial charge on any atom is 0.278 e. The van der Waals surface area contributed by atoms with Crippen LogP contribution in [0.25, 0.3) is 11.0 Å². The van der Waals surface area contributed by atoms with Crippen molar-refractivity contribution in [2.24, 2.45) is 0 Å². The van der Waals surface area contributed by atoms with E-state index in [1.807, 2.05) is 30.3 Å². The summed E-state index contributed by atoms with van der Waals surface area (Å²) in [5.41, 5.74) is 4.37. The van der Waals surface area contributed by atoms with Gasteiger partial charge in [0.1, 0.15) is 17.9 Å². The van der Waals surface area contributed by atoms with Gasteiger partial charge >= 0.3 is 0 Å². The molecule has 0 bridgehead atoms. The second-order valence-electron chi connectivity index (χ2n) is 10.6. The normalized spacial score (nSPS) is 19.5. The monoisotopic (exact) mass is 558 g/mol. The molecule has 1 unspecified atom stereocenters. The van der Waals surface area contributed by atoms with E-state index in [-0.39, 0.29) is 0 Å². The van der Waals surface area contributed by atoms with Crippen molar-refractivity contribution in [1.29, 1.82) is 0 Å². The minimum Gasteiger partial charge on any atom is -0.451 e. The number of piperidine rings is 1. The molecule has 3 aromatic carbocycles. The molecule has 2 aliphatic heterocycles. The Morgan fingerprint density at radius 2 is 1.88 bits per heavy atom. The van der Waals surface area contributed by atoms with E-state index in [0.717, 1.165) is 60.6 Å². The predicted octanol–water partition coefficient (Wildman–Crippen LogP) is 6.89. The minimum absolute atomic E-state index is 0.307. The molecule has 1 atom stereocenters. The van der Waals surface area contributed by atoms with Crippen LogP contribution in [0.15, 0.2) is 77.7 Å². The standard InChI is InChI=1S/C31H28ClFN4O3/c1-31(24-10-9-21(32)15-25(24)33)39-28-8-4-5-23(30(28)40-31)20-11-13-36(14-12-20)17-29-35-26-6-2-3-7-27(26)37(29)16-22-18-38-19-34-22/h2-10,15,18-20H,11-14,16-17H2,1H3. The molecule has 5 aromatic rings. The lowest BCUT2D eigenvalue weighted by Crippen LogP contribution is -2.34. The summed E-state index contributed by atoms with van der Waals surface area (Å²) in [6.45, 7) is 4.96. The Balaban J connectivity index is 1.08. The van der Waals surface area contributed by atoms with Gasteiger partial charge in [-0.2, -0.15) is 0 Å². The maximum absolute atomic E-state index is 14.8. The second-order valence-corrected chi connectivity index (χ2v) is 11.0. The van der Waals surface area contributed by atoms with E-state index in [1.54, 1.807) is 25.3 Å². The van der Waals surface area contributed by atoms with Crippen LogP contribution >= 0.6 is 11.6 Å². The van der Waals surface area contributed by atoms with E-state index in [4.69, 9.17) is 30.5 Å². The van der Waals surface area contributed by atoms with Crippen molar-refractivity contribution in [3.05, 3.63) is 107 Å². The molecular weight excluding hydrogens is 531 g/mol. The van der Waals surface area contributed by atoms with E-state index in [2.05, 4.69) is 26.6 Å². The van der Waals surface area contributed by atoms with E-state index < -0.39 is 11.6 Å². The van der Waals surface area contributed by atoms with Gasteiger partial charge in [-0.1, -0.05) is 35.9 Å². The first kappa shape index (κ1) is 25.1. The molecule has 7 nitrogen and oxygen atoms in total. The van der Waals surface area contributed by atoms with Crippen molar-refractivity contribution < 1.29 is 18.3 Å². The Morgan fingerprint density at radius 1 is 1.02 bits per heavy atom. The summed E-state index contributed by atoms with van der Waals surface area (Å²) in [5, 5.41) is 0.335. The van der Waals surface area contributed by atoms with Gasteiger partial charge < -0.3 is 18.5 Å². The highest BCUT2D eigenvalue weighted by atomic mass is 35.5. The highest BCUT2D eigenvalue weighted by Crippen LogP contribution is 2.49. The largest absolute Gasteiger partial charge is 0.451 e. The second kappa shape index (κ2) is 9.94. The van der Waals surface area contributed by atoms with E-state index in [0.29, 0.717) is 34.5 Å². The Kier molecular flexibility index (Phi) is 6.24. The maximum atomic E-state index is 14.8. The first-order valence-electron chi connectivity index (χ1n) is 13.5. The number of hydrogen-bond acceptors (Lipinski definition) is 6. The summed E-state index contributed by atoms with van der Waals surface area (Å²) in [7, 11) is 0. The Bertz CT molecular complexity index is 1680. The van der Waals surface area contributed by atoms with Crippen LogP contribution in [0.5, 0.6) is 11.5 Å². The fourth-order valence-electron chi connectivity index (χ4n) is 5.94. The van der Waals surface area contributed by atoms with Gasteiger partial charge in [-0.15, -0.1) is 0 Å². The van der Waals surface area contributed by atoms with Gasteiger partial charge in [0.25, 0.3) is 5.79 Å². The van der Waals surface area contributed by atoms with Gasteiger partial charge in [-0.05, 0) is 68.2 Å². The number of aromatic nitrogens is 3. The van der Waals surface area contributed by atoms with Gasteiger partial charge in [0.15, 0.2) is 17.9 Å². The van der Waals surface area contributed by atoms with Gasteiger partial charge in [-0.3, -0.25) is 4.90 Å². The summed E-state index contributed by atoms with van der Waals surface area (Å²) >= 11 is 5.97. The highest BCUT2D eigenvalue weighted by molar-refractivity contribution is 6.30. The molecule has 1 fully saturated rings. The van der Waals surface area contributed by atoms with Gasteiger partial charge in [0, 0.05) is 17.5 Å². The molecule has 204 valence electrons. The van der Waals surface area contributed by atoms with Crippen LogP contribution in [-0.2, 0) is 18.9 Å². The van der Waals surface area contributed by atoms with Gasteiger partial charge in [0.2, 0.25) is 0 Å². The molecule has 2 aromatic heterocycles. The zero-order valence-corrected chi connectivity index (χ0v) is 22.8. The van der Waals surface area contributed by atoms with Crippen LogP contribution in [0, 0.1) is 5.82 Å². The van der Waals surface area contributed by atoms with Crippen molar-refractivity contribution in [1.82, 2.24) is 19.4 Å². The molecule has 0 spiro atoms. The molecule has 7 rings (SSSR count). The van der Waals surface area contributed by atoms with E-state index in [1.165, 1.54) is 12.5 Å². The molecule has 4 heterocycles. The highest BCUT2D eigenvalue weighted by Gasteiger charge is 2.43. The van der Waals surface area contributed by atoms with Crippen LogP contribution in [0.3, 0.4) is 0 Å². The van der Waals surface area contributed by atoms with Crippen molar-refractivity contribution >= 4 is 22.6 Å². The van der Waals surface area contributed by atoms with Crippen LogP contribution in [0.1, 0.15) is 48.3 Å². The average molecular weight is 559 g/mol. The number of halogens is 2.